The van der Waals surface area contributed by atoms with Crippen LogP contribution in [-0.2, 0) is 13.1 Å². The molecule has 0 aliphatic rings. The summed E-state index contributed by atoms with van der Waals surface area (Å²) >= 11 is 1.45. The first-order chi connectivity index (χ1) is 14.7. The van der Waals surface area contributed by atoms with Gasteiger partial charge >= 0.3 is 0 Å². The second-order valence-electron chi connectivity index (χ2n) is 7.01. The van der Waals surface area contributed by atoms with Gasteiger partial charge < -0.3 is 9.72 Å². The van der Waals surface area contributed by atoms with Gasteiger partial charge in [-0.3, -0.25) is 9.69 Å². The Hall–Kier alpha value is -3.22. The third-order valence-corrected chi connectivity index (χ3v) is 5.99. The standard InChI is InChI=1S/C24H23N3O2S/c1-3-13-27(15-17-7-5-4-6-8-17)16-22-25-20-14-21(30-23(20)24(28)26-22)18-9-11-19(29-2)12-10-18/h3-12,14H,1,13,15-16H2,2H3,(H,25,26,28). The predicted octanol–water partition coefficient (Wildman–Crippen LogP) is 4.85. The highest BCUT2D eigenvalue weighted by Crippen LogP contribution is 2.31. The number of fused-ring (bicyclic) bond motifs is 1. The summed E-state index contributed by atoms with van der Waals surface area (Å²) in [5.74, 6) is 1.46. The van der Waals surface area contributed by atoms with Gasteiger partial charge in [-0.2, -0.15) is 0 Å². The van der Waals surface area contributed by atoms with Gasteiger partial charge in [0.1, 0.15) is 16.3 Å². The fraction of sp³-hybridized carbons (Fsp3) is 0.167. The van der Waals surface area contributed by atoms with Gasteiger partial charge in [-0.05, 0) is 41.5 Å². The number of hydrogen-bond donors (Lipinski definition) is 1. The van der Waals surface area contributed by atoms with Gasteiger partial charge in [0.15, 0.2) is 0 Å². The first-order valence-electron chi connectivity index (χ1n) is 9.70. The quantitative estimate of drug-likeness (QED) is 0.417. The SMILES string of the molecule is C=CCN(Cc1ccccc1)Cc1nc2cc(-c3ccc(OC)cc3)sc2c(=O)[nH]1. The monoisotopic (exact) mass is 417 g/mol. The molecule has 0 saturated heterocycles. The van der Waals surface area contributed by atoms with Crippen molar-refractivity contribution in [3.8, 4) is 16.2 Å². The van der Waals surface area contributed by atoms with Gasteiger partial charge in [0.2, 0.25) is 0 Å². The molecule has 152 valence electrons. The number of nitrogens with one attached hydrogen (secondary N) is 1. The van der Waals surface area contributed by atoms with Crippen molar-refractivity contribution in [2.24, 2.45) is 0 Å². The highest BCUT2D eigenvalue weighted by atomic mass is 32.1. The van der Waals surface area contributed by atoms with Crippen LogP contribution in [0, 0.1) is 0 Å². The van der Waals surface area contributed by atoms with E-state index in [0.29, 0.717) is 23.6 Å². The van der Waals surface area contributed by atoms with Crippen LogP contribution in [0.3, 0.4) is 0 Å². The molecule has 0 aliphatic carbocycles. The van der Waals surface area contributed by atoms with E-state index >= 15 is 0 Å². The number of nitrogens with zero attached hydrogens (tertiary/aromatic N) is 2. The maximum absolute atomic E-state index is 12.7. The third kappa shape index (κ3) is 4.50. The lowest BCUT2D eigenvalue weighted by molar-refractivity contribution is 0.279. The lowest BCUT2D eigenvalue weighted by atomic mass is 10.2. The second-order valence-corrected chi connectivity index (χ2v) is 8.06. The molecule has 2 aromatic carbocycles. The van der Waals surface area contributed by atoms with Crippen molar-refractivity contribution in [1.29, 1.82) is 0 Å². The summed E-state index contributed by atoms with van der Waals surface area (Å²) in [7, 11) is 1.65. The largest absolute Gasteiger partial charge is 0.497 e. The zero-order chi connectivity index (χ0) is 20.9. The Bertz CT molecular complexity index is 1200. The van der Waals surface area contributed by atoms with Crippen LogP contribution in [0.2, 0.25) is 0 Å². The van der Waals surface area contributed by atoms with Crippen molar-refractivity contribution in [2.75, 3.05) is 13.7 Å². The summed E-state index contributed by atoms with van der Waals surface area (Å²) in [5, 5.41) is 0. The van der Waals surface area contributed by atoms with E-state index < -0.39 is 0 Å². The number of aromatic nitrogens is 2. The summed E-state index contributed by atoms with van der Waals surface area (Å²) < 4.78 is 5.86. The van der Waals surface area contributed by atoms with Crippen molar-refractivity contribution < 1.29 is 4.74 Å². The maximum Gasteiger partial charge on any atom is 0.268 e. The number of hydrogen-bond acceptors (Lipinski definition) is 5. The van der Waals surface area contributed by atoms with Crippen LogP contribution in [0.25, 0.3) is 20.7 Å². The molecule has 0 spiro atoms. The number of rotatable bonds is 8. The molecule has 0 radical (unpaired) electrons. The Kier molecular flexibility index (Phi) is 6.07. The molecule has 0 atom stereocenters. The molecule has 5 nitrogen and oxygen atoms in total. The Morgan fingerprint density at radius 1 is 1.13 bits per heavy atom. The van der Waals surface area contributed by atoms with Crippen molar-refractivity contribution in [1.82, 2.24) is 14.9 Å². The predicted molar refractivity (Wildman–Crippen MR) is 123 cm³/mol. The molecule has 0 saturated carbocycles. The lowest BCUT2D eigenvalue weighted by Gasteiger charge is -2.20. The molecule has 0 bridgehead atoms. The van der Waals surface area contributed by atoms with Crippen LogP contribution in [0.1, 0.15) is 11.4 Å². The fourth-order valence-electron chi connectivity index (χ4n) is 3.38. The number of benzene rings is 2. The molecular formula is C24H23N3O2S. The molecule has 4 aromatic rings. The molecule has 0 amide bonds. The van der Waals surface area contributed by atoms with E-state index in [-0.39, 0.29) is 5.56 Å². The molecule has 30 heavy (non-hydrogen) atoms. The second kappa shape index (κ2) is 9.07. The number of H-pyrrole nitrogens is 1. The highest BCUT2D eigenvalue weighted by Gasteiger charge is 2.13. The number of methoxy groups -OCH3 is 1. The third-order valence-electron chi connectivity index (χ3n) is 4.82. The first-order valence-corrected chi connectivity index (χ1v) is 10.5. The summed E-state index contributed by atoms with van der Waals surface area (Å²) in [6, 6.07) is 20.0. The van der Waals surface area contributed by atoms with Crippen molar-refractivity contribution in [3.63, 3.8) is 0 Å². The Morgan fingerprint density at radius 3 is 2.60 bits per heavy atom. The molecule has 2 heterocycles. The molecule has 0 fully saturated rings. The minimum Gasteiger partial charge on any atom is -0.497 e. The summed E-state index contributed by atoms with van der Waals surface area (Å²) in [6.45, 7) is 5.87. The topological polar surface area (TPSA) is 58.2 Å². The van der Waals surface area contributed by atoms with Crippen molar-refractivity contribution in [3.05, 3.63) is 95.1 Å². The van der Waals surface area contributed by atoms with Gasteiger partial charge in [-0.25, -0.2) is 4.98 Å². The number of ether oxygens (including phenoxy) is 1. The van der Waals surface area contributed by atoms with Gasteiger partial charge in [0.05, 0.1) is 19.2 Å². The van der Waals surface area contributed by atoms with E-state index in [2.05, 4.69) is 28.6 Å². The zero-order valence-corrected chi connectivity index (χ0v) is 17.6. The highest BCUT2D eigenvalue weighted by molar-refractivity contribution is 7.22. The summed E-state index contributed by atoms with van der Waals surface area (Å²) in [6.07, 6.45) is 1.87. The molecule has 0 unspecified atom stereocenters. The van der Waals surface area contributed by atoms with Gasteiger partial charge in [-0.1, -0.05) is 36.4 Å². The molecular weight excluding hydrogens is 394 g/mol. The Balaban J connectivity index is 1.61. The van der Waals surface area contributed by atoms with Gasteiger partial charge in [-0.15, -0.1) is 17.9 Å². The van der Waals surface area contributed by atoms with E-state index in [4.69, 9.17) is 9.72 Å². The number of thiophene rings is 1. The van der Waals surface area contributed by atoms with Crippen LogP contribution in [0.5, 0.6) is 5.75 Å². The van der Waals surface area contributed by atoms with Crippen LogP contribution in [-0.4, -0.2) is 28.5 Å². The smallest absolute Gasteiger partial charge is 0.268 e. The van der Waals surface area contributed by atoms with Crippen molar-refractivity contribution in [2.45, 2.75) is 13.1 Å². The maximum atomic E-state index is 12.7. The average Bonchev–Trinajstić information content (AvgIpc) is 3.19. The summed E-state index contributed by atoms with van der Waals surface area (Å²) in [4.78, 5) is 23.6. The van der Waals surface area contributed by atoms with Gasteiger partial charge in [0, 0.05) is 18.0 Å². The van der Waals surface area contributed by atoms with Gasteiger partial charge in [0.25, 0.3) is 5.56 Å². The van der Waals surface area contributed by atoms with E-state index in [1.807, 2.05) is 54.6 Å². The van der Waals surface area contributed by atoms with Crippen LogP contribution >= 0.6 is 11.3 Å². The van der Waals surface area contributed by atoms with E-state index in [1.54, 1.807) is 7.11 Å². The fourth-order valence-corrected chi connectivity index (χ4v) is 4.38. The van der Waals surface area contributed by atoms with Crippen LogP contribution in [0.15, 0.2) is 78.1 Å². The van der Waals surface area contributed by atoms with E-state index in [9.17, 15) is 4.79 Å². The lowest BCUT2D eigenvalue weighted by Crippen LogP contribution is -2.25. The zero-order valence-electron chi connectivity index (χ0n) is 16.8. The average molecular weight is 418 g/mol. The molecule has 1 N–H and O–H groups in total. The number of aromatic amines is 1. The van der Waals surface area contributed by atoms with Crippen LogP contribution in [0.4, 0.5) is 0 Å². The van der Waals surface area contributed by atoms with E-state index in [1.165, 1.54) is 16.9 Å². The van der Waals surface area contributed by atoms with Crippen molar-refractivity contribution >= 4 is 21.6 Å². The first kappa shape index (κ1) is 20.1. The molecule has 4 rings (SSSR count). The van der Waals surface area contributed by atoms with Crippen LogP contribution < -0.4 is 10.3 Å². The molecule has 0 aliphatic heterocycles. The Morgan fingerprint density at radius 2 is 1.90 bits per heavy atom. The molecule has 2 aromatic heterocycles. The summed E-state index contributed by atoms with van der Waals surface area (Å²) in [5.41, 5.74) is 2.87. The normalized spacial score (nSPS) is 11.1. The Labute approximate surface area is 179 Å². The minimum atomic E-state index is -0.0991. The minimum absolute atomic E-state index is 0.0991. The van der Waals surface area contributed by atoms with E-state index in [0.717, 1.165) is 28.3 Å². The molecule has 6 heteroatoms.